The number of hydrogen-bond donors (Lipinski definition) is 0. The third kappa shape index (κ3) is 2.00. The molecular formula is C16H17FN2O. The zero-order valence-electron chi connectivity index (χ0n) is 11.7. The number of pyridine rings is 1. The van der Waals surface area contributed by atoms with Crippen LogP contribution in [0.3, 0.4) is 0 Å². The number of para-hydroxylation sites is 1. The largest absolute Gasteiger partial charge is 0.299 e. The highest BCUT2D eigenvalue weighted by Crippen LogP contribution is 2.29. The summed E-state index contributed by atoms with van der Waals surface area (Å²) in [5.41, 5.74) is 2.81. The molecule has 0 saturated heterocycles. The lowest BCUT2D eigenvalue weighted by atomic mass is 9.93. The summed E-state index contributed by atoms with van der Waals surface area (Å²) >= 11 is 0. The summed E-state index contributed by atoms with van der Waals surface area (Å²) in [4.78, 5) is 18.8. The van der Waals surface area contributed by atoms with Crippen LogP contribution in [0.4, 0.5) is 4.39 Å². The summed E-state index contributed by atoms with van der Waals surface area (Å²) in [5, 5.41) is 0.634. The van der Waals surface area contributed by atoms with Gasteiger partial charge in [-0.3, -0.25) is 9.69 Å². The van der Waals surface area contributed by atoms with Crippen molar-refractivity contribution in [2.75, 3.05) is 13.1 Å². The molecule has 0 aliphatic carbocycles. The van der Waals surface area contributed by atoms with Crippen LogP contribution >= 0.6 is 0 Å². The number of hydrogen-bond acceptors (Lipinski definition) is 3. The Kier molecular flexibility index (Phi) is 3.26. The third-order valence-electron chi connectivity index (χ3n) is 4.00. The van der Waals surface area contributed by atoms with Crippen LogP contribution in [0.1, 0.15) is 35.5 Å². The van der Waals surface area contributed by atoms with Crippen LogP contribution in [0, 0.1) is 5.82 Å². The molecule has 0 unspecified atom stereocenters. The maximum Gasteiger partial charge on any atom is 0.160 e. The zero-order chi connectivity index (χ0) is 14.3. The fourth-order valence-electron chi connectivity index (χ4n) is 2.96. The second-order valence-corrected chi connectivity index (χ2v) is 5.22. The first kappa shape index (κ1) is 13.2. The van der Waals surface area contributed by atoms with Crippen LogP contribution in [0.5, 0.6) is 0 Å². The van der Waals surface area contributed by atoms with E-state index < -0.39 is 0 Å². The Morgan fingerprint density at radius 1 is 1.45 bits per heavy atom. The molecule has 3 rings (SSSR count). The normalized spacial score (nSPS) is 15.3. The zero-order valence-corrected chi connectivity index (χ0v) is 11.7. The second-order valence-electron chi connectivity index (χ2n) is 5.22. The fourth-order valence-corrected chi connectivity index (χ4v) is 2.96. The Bertz CT molecular complexity index is 696. The quantitative estimate of drug-likeness (QED) is 0.788. The standard InChI is InChI=1S/C16H17FN2O/c1-3-19-8-7-14-12(9-19)15(10(2)20)11-5-4-6-13(17)16(11)18-14/h4-6H,3,7-9H2,1-2H3. The van der Waals surface area contributed by atoms with E-state index in [1.165, 1.54) is 6.07 Å². The third-order valence-corrected chi connectivity index (χ3v) is 4.00. The predicted octanol–water partition coefficient (Wildman–Crippen LogP) is 2.95. The van der Waals surface area contributed by atoms with Gasteiger partial charge in [0.2, 0.25) is 0 Å². The highest BCUT2D eigenvalue weighted by atomic mass is 19.1. The van der Waals surface area contributed by atoms with Crippen molar-refractivity contribution in [3.05, 3.63) is 40.8 Å². The molecule has 0 amide bonds. The first-order valence-corrected chi connectivity index (χ1v) is 6.95. The molecule has 104 valence electrons. The van der Waals surface area contributed by atoms with Crippen molar-refractivity contribution in [2.45, 2.75) is 26.8 Å². The lowest BCUT2D eigenvalue weighted by Crippen LogP contribution is -2.32. The average molecular weight is 272 g/mol. The molecule has 20 heavy (non-hydrogen) atoms. The maximum atomic E-state index is 14.0. The number of Topliss-reactive ketones (excluding diaryl/α,β-unsaturated/α-hetero) is 1. The molecule has 0 saturated carbocycles. The number of aromatic nitrogens is 1. The van der Waals surface area contributed by atoms with Crippen molar-refractivity contribution in [1.29, 1.82) is 0 Å². The topological polar surface area (TPSA) is 33.2 Å². The van der Waals surface area contributed by atoms with Gasteiger partial charge in [-0.2, -0.15) is 0 Å². The van der Waals surface area contributed by atoms with Crippen LogP contribution < -0.4 is 0 Å². The number of fused-ring (bicyclic) bond motifs is 2. The first-order valence-electron chi connectivity index (χ1n) is 6.95. The van der Waals surface area contributed by atoms with Gasteiger partial charge in [-0.25, -0.2) is 9.37 Å². The second kappa shape index (κ2) is 4.94. The maximum absolute atomic E-state index is 14.0. The summed E-state index contributed by atoms with van der Waals surface area (Å²) in [6.07, 6.45) is 0.772. The van der Waals surface area contributed by atoms with Crippen LogP contribution in [0.2, 0.25) is 0 Å². The minimum absolute atomic E-state index is 0.0165. The molecule has 0 bridgehead atoms. The summed E-state index contributed by atoms with van der Waals surface area (Å²) in [5.74, 6) is -0.372. The van der Waals surface area contributed by atoms with Crippen LogP contribution in [0.15, 0.2) is 18.2 Å². The molecule has 0 radical (unpaired) electrons. The van der Waals surface area contributed by atoms with Crippen molar-refractivity contribution in [3.63, 3.8) is 0 Å². The monoisotopic (exact) mass is 272 g/mol. The Hall–Kier alpha value is -1.81. The van der Waals surface area contributed by atoms with Crippen molar-refractivity contribution in [1.82, 2.24) is 9.88 Å². The molecule has 0 N–H and O–H groups in total. The number of carbonyl (C=O) groups excluding carboxylic acids is 1. The van der Waals surface area contributed by atoms with Crippen molar-refractivity contribution in [3.8, 4) is 0 Å². The minimum atomic E-state index is -0.356. The van der Waals surface area contributed by atoms with Crippen LogP contribution in [-0.4, -0.2) is 28.8 Å². The molecule has 4 heteroatoms. The number of carbonyl (C=O) groups is 1. The lowest BCUT2D eigenvalue weighted by molar-refractivity contribution is 0.101. The summed E-state index contributed by atoms with van der Waals surface area (Å²) in [6.45, 7) is 6.23. The lowest BCUT2D eigenvalue weighted by Gasteiger charge is -2.28. The minimum Gasteiger partial charge on any atom is -0.299 e. The van der Waals surface area contributed by atoms with E-state index in [0.29, 0.717) is 16.5 Å². The van der Waals surface area contributed by atoms with E-state index in [1.807, 2.05) is 0 Å². The number of likely N-dealkylation sites (N-methyl/N-ethyl adjacent to an activating group) is 1. The Balaban J connectivity index is 2.32. The number of ketones is 1. The van der Waals surface area contributed by atoms with Gasteiger partial charge in [0.25, 0.3) is 0 Å². The van der Waals surface area contributed by atoms with Gasteiger partial charge in [0.1, 0.15) is 11.3 Å². The Morgan fingerprint density at radius 2 is 2.25 bits per heavy atom. The molecule has 0 fully saturated rings. The molecule has 0 spiro atoms. The summed E-state index contributed by atoms with van der Waals surface area (Å²) < 4.78 is 14.0. The van der Waals surface area contributed by atoms with E-state index in [0.717, 1.165) is 37.3 Å². The van der Waals surface area contributed by atoms with Crippen molar-refractivity contribution >= 4 is 16.7 Å². The van der Waals surface area contributed by atoms with E-state index in [4.69, 9.17) is 0 Å². The highest BCUT2D eigenvalue weighted by Gasteiger charge is 2.24. The SMILES string of the molecule is CCN1CCc2nc3c(F)cccc3c(C(C)=O)c2C1. The molecular weight excluding hydrogens is 255 g/mol. The number of halogens is 1. The Labute approximate surface area is 117 Å². The molecule has 3 nitrogen and oxygen atoms in total. The van der Waals surface area contributed by atoms with E-state index in [1.54, 1.807) is 19.1 Å². The van der Waals surface area contributed by atoms with Crippen LogP contribution in [-0.2, 0) is 13.0 Å². The molecule has 1 aliphatic heterocycles. The fraction of sp³-hybridized carbons (Fsp3) is 0.375. The molecule has 1 aliphatic rings. The number of benzene rings is 1. The van der Waals surface area contributed by atoms with Gasteiger partial charge in [-0.15, -0.1) is 0 Å². The van der Waals surface area contributed by atoms with Gasteiger partial charge in [0.05, 0.1) is 0 Å². The summed E-state index contributed by atoms with van der Waals surface area (Å²) in [6, 6.07) is 4.82. The summed E-state index contributed by atoms with van der Waals surface area (Å²) in [7, 11) is 0. The van der Waals surface area contributed by atoms with Gasteiger partial charge < -0.3 is 0 Å². The molecule has 1 aromatic heterocycles. The predicted molar refractivity (Wildman–Crippen MR) is 76.4 cm³/mol. The van der Waals surface area contributed by atoms with E-state index in [9.17, 15) is 9.18 Å². The van der Waals surface area contributed by atoms with Gasteiger partial charge in [-0.1, -0.05) is 19.1 Å². The number of nitrogens with zero attached hydrogens (tertiary/aromatic N) is 2. The van der Waals surface area contributed by atoms with Gasteiger partial charge in [-0.05, 0) is 25.1 Å². The van der Waals surface area contributed by atoms with Crippen LogP contribution in [0.25, 0.3) is 10.9 Å². The first-order chi connectivity index (χ1) is 9.61. The van der Waals surface area contributed by atoms with E-state index in [2.05, 4.69) is 16.8 Å². The highest BCUT2D eigenvalue weighted by molar-refractivity contribution is 6.07. The van der Waals surface area contributed by atoms with E-state index in [-0.39, 0.29) is 11.6 Å². The van der Waals surface area contributed by atoms with E-state index >= 15 is 0 Å². The smallest absolute Gasteiger partial charge is 0.160 e. The van der Waals surface area contributed by atoms with Gasteiger partial charge in [0.15, 0.2) is 5.78 Å². The van der Waals surface area contributed by atoms with Crippen molar-refractivity contribution < 1.29 is 9.18 Å². The molecule has 2 heterocycles. The Morgan fingerprint density at radius 3 is 2.95 bits per heavy atom. The van der Waals surface area contributed by atoms with Crippen molar-refractivity contribution in [2.24, 2.45) is 0 Å². The molecule has 1 aromatic carbocycles. The molecule has 2 aromatic rings. The average Bonchev–Trinajstić information content (AvgIpc) is 2.44. The van der Waals surface area contributed by atoms with Gasteiger partial charge >= 0.3 is 0 Å². The molecule has 0 atom stereocenters. The van der Waals surface area contributed by atoms with Gasteiger partial charge in [0, 0.05) is 36.2 Å². The number of rotatable bonds is 2.